The van der Waals surface area contributed by atoms with Gasteiger partial charge in [-0.25, -0.2) is 0 Å². The number of amides is 1. The molecule has 1 atom stereocenters. The number of benzene rings is 1. The first-order chi connectivity index (χ1) is 8.20. The molecular weight excluding hydrogens is 212 g/mol. The molecule has 1 aromatic rings. The minimum Gasteiger partial charge on any atom is -0.324 e. The first-order valence-electron chi connectivity index (χ1n) is 6.36. The monoisotopic (exact) mass is 232 g/mol. The van der Waals surface area contributed by atoms with Crippen molar-refractivity contribution in [1.82, 2.24) is 4.90 Å². The molecule has 3 nitrogen and oxygen atoms in total. The molecule has 0 radical (unpaired) electrons. The van der Waals surface area contributed by atoms with E-state index in [0.29, 0.717) is 0 Å². The number of hydrogen-bond acceptors (Lipinski definition) is 2. The lowest BCUT2D eigenvalue weighted by molar-refractivity contribution is -0.128. The Kier molecular flexibility index (Phi) is 3.20. The second-order valence-corrected chi connectivity index (χ2v) is 4.39. The van der Waals surface area contributed by atoms with Crippen LogP contribution in [0.15, 0.2) is 24.3 Å². The number of nitrogens with zero attached hydrogens (tertiary/aromatic N) is 1. The Morgan fingerprint density at radius 3 is 2.41 bits per heavy atom. The maximum atomic E-state index is 12.4. The van der Waals surface area contributed by atoms with Gasteiger partial charge in [0.05, 0.1) is 0 Å². The van der Waals surface area contributed by atoms with Gasteiger partial charge in [-0.1, -0.05) is 39.0 Å². The maximum Gasteiger partial charge on any atom is 0.249 e. The standard InChI is InChI=1S/C14H20N2O/c1-4-14(16(5-2)6-3)11-9-7-8-10-12(11)15-13(14)17/h7-10H,4-6H2,1-3H3,(H,15,17). The maximum absolute atomic E-state index is 12.4. The van der Waals surface area contributed by atoms with Crippen molar-refractivity contribution in [2.24, 2.45) is 0 Å². The molecule has 1 unspecified atom stereocenters. The van der Waals surface area contributed by atoms with Crippen LogP contribution in [-0.4, -0.2) is 23.9 Å². The summed E-state index contributed by atoms with van der Waals surface area (Å²) in [5.41, 5.74) is 1.61. The largest absolute Gasteiger partial charge is 0.324 e. The molecule has 3 heteroatoms. The number of rotatable bonds is 4. The van der Waals surface area contributed by atoms with E-state index in [1.807, 2.05) is 18.2 Å². The average Bonchev–Trinajstić information content (AvgIpc) is 2.64. The number of hydrogen-bond donors (Lipinski definition) is 1. The van der Waals surface area contributed by atoms with Crippen LogP contribution in [0.3, 0.4) is 0 Å². The number of nitrogens with one attached hydrogen (secondary N) is 1. The van der Waals surface area contributed by atoms with E-state index in [4.69, 9.17) is 0 Å². The zero-order valence-electron chi connectivity index (χ0n) is 10.8. The Morgan fingerprint density at radius 1 is 1.18 bits per heavy atom. The van der Waals surface area contributed by atoms with Crippen LogP contribution in [-0.2, 0) is 10.3 Å². The molecule has 1 aliphatic heterocycles. The van der Waals surface area contributed by atoms with Crippen molar-refractivity contribution in [1.29, 1.82) is 0 Å². The summed E-state index contributed by atoms with van der Waals surface area (Å²) in [5.74, 6) is 0.116. The van der Waals surface area contributed by atoms with Gasteiger partial charge in [-0.3, -0.25) is 9.69 Å². The van der Waals surface area contributed by atoms with Gasteiger partial charge < -0.3 is 5.32 Å². The average molecular weight is 232 g/mol. The van der Waals surface area contributed by atoms with Crippen LogP contribution in [0.25, 0.3) is 0 Å². The van der Waals surface area contributed by atoms with Gasteiger partial charge >= 0.3 is 0 Å². The van der Waals surface area contributed by atoms with E-state index in [9.17, 15) is 4.79 Å². The Morgan fingerprint density at radius 2 is 1.82 bits per heavy atom. The van der Waals surface area contributed by atoms with Gasteiger partial charge in [0.15, 0.2) is 0 Å². The highest BCUT2D eigenvalue weighted by Gasteiger charge is 2.48. The Balaban J connectivity index is 2.57. The third-order valence-corrected chi connectivity index (χ3v) is 3.81. The summed E-state index contributed by atoms with van der Waals surface area (Å²) in [6.45, 7) is 8.06. The molecule has 1 aliphatic rings. The highest BCUT2D eigenvalue weighted by molar-refractivity contribution is 6.05. The summed E-state index contributed by atoms with van der Waals surface area (Å²) in [6.07, 6.45) is 0.803. The van der Waals surface area contributed by atoms with Crippen molar-refractivity contribution in [3.63, 3.8) is 0 Å². The number of anilines is 1. The highest BCUT2D eigenvalue weighted by Crippen LogP contribution is 2.42. The molecular formula is C14H20N2O. The van der Waals surface area contributed by atoms with Crippen LogP contribution in [0, 0.1) is 0 Å². The quantitative estimate of drug-likeness (QED) is 0.865. The van der Waals surface area contributed by atoms with E-state index in [1.54, 1.807) is 0 Å². The Labute approximate surface area is 103 Å². The molecule has 92 valence electrons. The summed E-state index contributed by atoms with van der Waals surface area (Å²) in [6, 6.07) is 8.02. The molecule has 17 heavy (non-hydrogen) atoms. The molecule has 1 heterocycles. The minimum absolute atomic E-state index is 0.116. The summed E-state index contributed by atoms with van der Waals surface area (Å²) >= 11 is 0. The molecule has 1 amide bonds. The van der Waals surface area contributed by atoms with Gasteiger partial charge in [0.2, 0.25) is 5.91 Å². The fourth-order valence-electron chi connectivity index (χ4n) is 2.95. The van der Waals surface area contributed by atoms with Crippen molar-refractivity contribution in [2.75, 3.05) is 18.4 Å². The van der Waals surface area contributed by atoms with Gasteiger partial charge in [-0.05, 0) is 25.6 Å². The fourth-order valence-corrected chi connectivity index (χ4v) is 2.95. The summed E-state index contributed by atoms with van der Waals surface area (Å²) in [4.78, 5) is 14.6. The van der Waals surface area contributed by atoms with Crippen molar-refractivity contribution in [3.8, 4) is 0 Å². The minimum atomic E-state index is -0.472. The van der Waals surface area contributed by atoms with Gasteiger partial charge in [-0.2, -0.15) is 0 Å². The molecule has 0 saturated heterocycles. The number of para-hydroxylation sites is 1. The van der Waals surface area contributed by atoms with E-state index in [1.165, 1.54) is 0 Å². The molecule has 0 bridgehead atoms. The molecule has 1 aromatic carbocycles. The SMILES string of the molecule is CCN(CC)C1(CC)C(=O)Nc2ccccc21. The molecule has 0 spiro atoms. The third-order valence-electron chi connectivity index (χ3n) is 3.81. The normalized spacial score (nSPS) is 22.7. The zero-order valence-corrected chi connectivity index (χ0v) is 10.8. The van der Waals surface area contributed by atoms with E-state index >= 15 is 0 Å². The predicted molar refractivity (Wildman–Crippen MR) is 70.0 cm³/mol. The lowest BCUT2D eigenvalue weighted by atomic mass is 9.86. The molecule has 0 saturated carbocycles. The van der Waals surface area contributed by atoms with Gasteiger partial charge in [0, 0.05) is 11.3 Å². The molecule has 0 aromatic heterocycles. The van der Waals surface area contributed by atoms with E-state index in [-0.39, 0.29) is 5.91 Å². The lowest BCUT2D eigenvalue weighted by Gasteiger charge is -2.37. The topological polar surface area (TPSA) is 32.3 Å². The van der Waals surface area contributed by atoms with E-state index in [0.717, 1.165) is 30.8 Å². The van der Waals surface area contributed by atoms with Crippen molar-refractivity contribution in [3.05, 3.63) is 29.8 Å². The van der Waals surface area contributed by atoms with Crippen LogP contribution in [0.2, 0.25) is 0 Å². The molecule has 1 N–H and O–H groups in total. The highest BCUT2D eigenvalue weighted by atomic mass is 16.2. The van der Waals surface area contributed by atoms with Crippen molar-refractivity contribution in [2.45, 2.75) is 32.7 Å². The smallest absolute Gasteiger partial charge is 0.249 e. The Bertz CT molecular complexity index is 426. The zero-order chi connectivity index (χ0) is 12.5. The van der Waals surface area contributed by atoms with Gasteiger partial charge in [-0.15, -0.1) is 0 Å². The molecule has 0 fully saturated rings. The van der Waals surface area contributed by atoms with E-state index in [2.05, 4.69) is 37.1 Å². The first kappa shape index (κ1) is 12.1. The second-order valence-electron chi connectivity index (χ2n) is 4.39. The molecule has 0 aliphatic carbocycles. The summed E-state index contributed by atoms with van der Waals surface area (Å²) in [7, 11) is 0. The molecule has 2 rings (SSSR count). The van der Waals surface area contributed by atoms with Crippen LogP contribution in [0.1, 0.15) is 32.8 Å². The fraction of sp³-hybridized carbons (Fsp3) is 0.500. The van der Waals surface area contributed by atoms with Crippen LogP contribution in [0.4, 0.5) is 5.69 Å². The number of carbonyl (C=O) groups excluding carboxylic acids is 1. The number of carbonyl (C=O) groups is 1. The third kappa shape index (κ3) is 1.57. The van der Waals surface area contributed by atoms with Gasteiger partial charge in [0.25, 0.3) is 0 Å². The van der Waals surface area contributed by atoms with E-state index < -0.39 is 5.54 Å². The van der Waals surface area contributed by atoms with Gasteiger partial charge in [0.1, 0.15) is 5.54 Å². The number of fused-ring (bicyclic) bond motifs is 1. The van der Waals surface area contributed by atoms with Crippen LogP contribution < -0.4 is 5.32 Å². The van der Waals surface area contributed by atoms with Crippen molar-refractivity contribution >= 4 is 11.6 Å². The summed E-state index contributed by atoms with van der Waals surface area (Å²) in [5, 5.41) is 3.01. The van der Waals surface area contributed by atoms with Crippen LogP contribution in [0.5, 0.6) is 0 Å². The Hall–Kier alpha value is -1.35. The van der Waals surface area contributed by atoms with Crippen molar-refractivity contribution < 1.29 is 4.79 Å². The summed E-state index contributed by atoms with van der Waals surface area (Å²) < 4.78 is 0. The lowest BCUT2D eigenvalue weighted by Crippen LogP contribution is -2.50. The van der Waals surface area contributed by atoms with Crippen LogP contribution >= 0.6 is 0 Å². The first-order valence-corrected chi connectivity index (χ1v) is 6.36. The second kappa shape index (κ2) is 4.49. The predicted octanol–water partition coefficient (Wildman–Crippen LogP) is 2.59. The number of likely N-dealkylation sites (N-methyl/N-ethyl adjacent to an activating group) is 1.